The van der Waals surface area contributed by atoms with Gasteiger partial charge in [-0.15, -0.1) is 0 Å². The van der Waals surface area contributed by atoms with E-state index >= 15 is 0 Å². The number of aryl methyl sites for hydroxylation is 1. The van der Waals surface area contributed by atoms with Gasteiger partial charge in [0.05, 0.1) is 11.5 Å². The van der Waals surface area contributed by atoms with Crippen LogP contribution in [0, 0.1) is 22.9 Å². The Bertz CT molecular complexity index is 611. The van der Waals surface area contributed by atoms with E-state index in [-0.39, 0.29) is 17.3 Å². The van der Waals surface area contributed by atoms with Crippen molar-refractivity contribution in [3.8, 4) is 5.75 Å². The van der Waals surface area contributed by atoms with E-state index in [1.807, 2.05) is 0 Å². The van der Waals surface area contributed by atoms with Gasteiger partial charge in [-0.25, -0.2) is 4.39 Å². The summed E-state index contributed by atoms with van der Waals surface area (Å²) >= 11 is 0. The summed E-state index contributed by atoms with van der Waals surface area (Å²) in [6, 6.07) is 11.2. The lowest BCUT2D eigenvalue weighted by atomic mass is 10.1. The number of rotatable bonds is 5. The number of ether oxygens (including phenoxy) is 1. The average Bonchev–Trinajstić information content (AvgIpc) is 2.44. The van der Waals surface area contributed by atoms with Crippen LogP contribution in [-0.4, -0.2) is 11.5 Å². The Hall–Kier alpha value is -2.43. The summed E-state index contributed by atoms with van der Waals surface area (Å²) in [5.74, 6) is -0.122. The highest BCUT2D eigenvalue weighted by atomic mass is 19.1. The van der Waals surface area contributed by atoms with Gasteiger partial charge in [0, 0.05) is 18.6 Å². The fraction of sp³-hybridized carbons (Fsp3) is 0.200. The summed E-state index contributed by atoms with van der Waals surface area (Å²) in [6.45, 7) is 2.00. The van der Waals surface area contributed by atoms with Gasteiger partial charge in [0.2, 0.25) is 0 Å². The maximum Gasteiger partial charge on any atom is 0.269 e. The predicted octanol–water partition coefficient (Wildman–Crippen LogP) is 3.66. The van der Waals surface area contributed by atoms with Crippen molar-refractivity contribution in [3.63, 3.8) is 0 Å². The second-order valence-electron chi connectivity index (χ2n) is 4.41. The molecule has 0 aliphatic heterocycles. The fourth-order valence-corrected chi connectivity index (χ4v) is 1.80. The second-order valence-corrected chi connectivity index (χ2v) is 4.41. The molecule has 0 unspecified atom stereocenters. The predicted molar refractivity (Wildman–Crippen MR) is 73.4 cm³/mol. The summed E-state index contributed by atoms with van der Waals surface area (Å²) in [7, 11) is 0. The Labute approximate surface area is 116 Å². The molecular weight excluding hydrogens is 261 g/mol. The third-order valence-electron chi connectivity index (χ3n) is 2.95. The van der Waals surface area contributed by atoms with Gasteiger partial charge in [-0.05, 0) is 24.1 Å². The lowest BCUT2D eigenvalue weighted by Crippen LogP contribution is -2.03. The summed E-state index contributed by atoms with van der Waals surface area (Å²) in [5.41, 5.74) is 1.50. The smallest absolute Gasteiger partial charge is 0.269 e. The van der Waals surface area contributed by atoms with Crippen LogP contribution >= 0.6 is 0 Å². The number of nitrogens with zero attached hydrogens (tertiary/aromatic N) is 1. The zero-order valence-electron chi connectivity index (χ0n) is 11.0. The van der Waals surface area contributed by atoms with Crippen molar-refractivity contribution in [1.29, 1.82) is 0 Å². The summed E-state index contributed by atoms with van der Waals surface area (Å²) in [4.78, 5) is 10.1. The van der Waals surface area contributed by atoms with E-state index in [1.165, 1.54) is 12.1 Å². The van der Waals surface area contributed by atoms with Crippen LogP contribution in [-0.2, 0) is 6.42 Å². The molecule has 0 heterocycles. The lowest BCUT2D eigenvalue weighted by molar-refractivity contribution is -0.384. The van der Waals surface area contributed by atoms with Crippen LogP contribution in [0.3, 0.4) is 0 Å². The summed E-state index contributed by atoms with van der Waals surface area (Å²) in [6.07, 6.45) is 0.561. The molecule has 0 bridgehead atoms. The molecule has 0 aliphatic rings. The Kier molecular flexibility index (Phi) is 4.30. The Morgan fingerprint density at radius 2 is 1.90 bits per heavy atom. The van der Waals surface area contributed by atoms with Crippen LogP contribution in [0.25, 0.3) is 0 Å². The number of nitro benzene ring substituents is 1. The first-order valence-corrected chi connectivity index (χ1v) is 6.19. The van der Waals surface area contributed by atoms with E-state index in [0.29, 0.717) is 18.6 Å². The van der Waals surface area contributed by atoms with Gasteiger partial charge < -0.3 is 4.74 Å². The second kappa shape index (κ2) is 6.14. The highest BCUT2D eigenvalue weighted by molar-refractivity contribution is 5.33. The maximum absolute atomic E-state index is 13.7. The molecule has 0 amide bonds. The number of nitro groups is 1. The molecule has 2 aromatic rings. The fourth-order valence-electron chi connectivity index (χ4n) is 1.80. The number of non-ortho nitro benzene ring substituents is 1. The van der Waals surface area contributed by atoms with E-state index in [9.17, 15) is 14.5 Å². The van der Waals surface area contributed by atoms with Crippen molar-refractivity contribution in [2.75, 3.05) is 6.61 Å². The van der Waals surface area contributed by atoms with Crippen molar-refractivity contribution < 1.29 is 14.1 Å². The van der Waals surface area contributed by atoms with Gasteiger partial charge >= 0.3 is 0 Å². The Morgan fingerprint density at radius 1 is 1.20 bits per heavy atom. The third-order valence-corrected chi connectivity index (χ3v) is 2.95. The van der Waals surface area contributed by atoms with Crippen LogP contribution in [0.15, 0.2) is 42.5 Å². The van der Waals surface area contributed by atoms with Crippen LogP contribution in [0.2, 0.25) is 0 Å². The minimum absolute atomic E-state index is 0.0550. The zero-order valence-corrected chi connectivity index (χ0v) is 11.0. The molecule has 0 N–H and O–H groups in total. The number of halogens is 1. The first-order valence-electron chi connectivity index (χ1n) is 6.19. The first kappa shape index (κ1) is 14.0. The normalized spacial score (nSPS) is 10.3. The quantitative estimate of drug-likeness (QED) is 0.618. The molecule has 0 aliphatic carbocycles. The molecule has 0 radical (unpaired) electrons. The first-order chi connectivity index (χ1) is 9.58. The standard InChI is InChI=1S/C15H14FNO3/c1-11-3-2-4-14(15(11)16)20-10-9-12-5-7-13(8-6-12)17(18)19/h2-8H,9-10H2,1H3. The Morgan fingerprint density at radius 3 is 2.55 bits per heavy atom. The Balaban J connectivity index is 1.92. The van der Waals surface area contributed by atoms with Gasteiger partial charge in [-0.3, -0.25) is 10.1 Å². The molecule has 2 aromatic carbocycles. The van der Waals surface area contributed by atoms with E-state index < -0.39 is 4.92 Å². The average molecular weight is 275 g/mol. The summed E-state index contributed by atoms with van der Waals surface area (Å²) in [5, 5.41) is 10.5. The number of hydrogen-bond acceptors (Lipinski definition) is 3. The molecule has 0 fully saturated rings. The minimum Gasteiger partial charge on any atom is -0.490 e. The van der Waals surface area contributed by atoms with Crippen molar-refractivity contribution in [2.45, 2.75) is 13.3 Å². The molecule has 20 heavy (non-hydrogen) atoms. The molecule has 104 valence electrons. The summed E-state index contributed by atoms with van der Waals surface area (Å²) < 4.78 is 19.1. The minimum atomic E-state index is -0.442. The maximum atomic E-state index is 13.7. The van der Waals surface area contributed by atoms with Gasteiger partial charge in [0.25, 0.3) is 5.69 Å². The molecular formula is C15H14FNO3. The highest BCUT2D eigenvalue weighted by Crippen LogP contribution is 2.20. The molecule has 0 aromatic heterocycles. The van der Waals surface area contributed by atoms with E-state index in [2.05, 4.69) is 0 Å². The molecule has 0 saturated heterocycles. The van der Waals surface area contributed by atoms with Crippen molar-refractivity contribution in [3.05, 3.63) is 69.5 Å². The van der Waals surface area contributed by atoms with Gasteiger partial charge in [0.15, 0.2) is 11.6 Å². The molecule has 4 nitrogen and oxygen atoms in total. The number of benzene rings is 2. The molecule has 2 rings (SSSR count). The largest absolute Gasteiger partial charge is 0.490 e. The topological polar surface area (TPSA) is 52.4 Å². The molecule has 0 atom stereocenters. The van der Waals surface area contributed by atoms with Crippen LogP contribution in [0.4, 0.5) is 10.1 Å². The molecule has 5 heteroatoms. The van der Waals surface area contributed by atoms with Crippen molar-refractivity contribution in [1.82, 2.24) is 0 Å². The van der Waals surface area contributed by atoms with Crippen LogP contribution in [0.1, 0.15) is 11.1 Å². The molecule has 0 saturated carbocycles. The third kappa shape index (κ3) is 3.32. The van der Waals surface area contributed by atoms with Crippen LogP contribution in [0.5, 0.6) is 5.75 Å². The van der Waals surface area contributed by atoms with E-state index in [0.717, 1.165) is 5.56 Å². The van der Waals surface area contributed by atoms with Gasteiger partial charge in [-0.1, -0.05) is 24.3 Å². The highest BCUT2D eigenvalue weighted by Gasteiger charge is 2.06. The van der Waals surface area contributed by atoms with Crippen LogP contribution < -0.4 is 4.74 Å². The van der Waals surface area contributed by atoms with E-state index in [4.69, 9.17) is 4.74 Å². The zero-order chi connectivity index (χ0) is 14.5. The SMILES string of the molecule is Cc1cccc(OCCc2ccc([N+](=O)[O-])cc2)c1F. The number of hydrogen-bond donors (Lipinski definition) is 0. The van der Waals surface area contributed by atoms with Gasteiger partial charge in [0.1, 0.15) is 0 Å². The molecule has 0 spiro atoms. The van der Waals surface area contributed by atoms with Crippen molar-refractivity contribution >= 4 is 5.69 Å². The van der Waals surface area contributed by atoms with Gasteiger partial charge in [-0.2, -0.15) is 0 Å². The lowest BCUT2D eigenvalue weighted by Gasteiger charge is -2.08. The monoisotopic (exact) mass is 275 g/mol. The van der Waals surface area contributed by atoms with Crippen molar-refractivity contribution in [2.24, 2.45) is 0 Å². The van der Waals surface area contributed by atoms with E-state index in [1.54, 1.807) is 37.3 Å².